The Morgan fingerprint density at radius 1 is 1.04 bits per heavy atom. The maximum absolute atomic E-state index is 12.5. The third-order valence-electron chi connectivity index (χ3n) is 3.95. The summed E-state index contributed by atoms with van der Waals surface area (Å²) in [5.41, 5.74) is 7.38. The first-order chi connectivity index (χ1) is 12.1. The minimum Gasteiger partial charge on any atom is -0.323 e. The highest BCUT2D eigenvalue weighted by Crippen LogP contribution is 2.21. The van der Waals surface area contributed by atoms with E-state index in [1.807, 2.05) is 54.2 Å². The van der Waals surface area contributed by atoms with Crippen molar-refractivity contribution in [2.45, 2.75) is 20.3 Å². The number of benzene rings is 1. The van der Waals surface area contributed by atoms with Crippen LogP contribution >= 0.6 is 11.3 Å². The predicted molar refractivity (Wildman–Crippen MR) is 99.1 cm³/mol. The van der Waals surface area contributed by atoms with Crippen molar-refractivity contribution in [3.63, 3.8) is 0 Å². The smallest absolute Gasteiger partial charge is 0.279 e. The summed E-state index contributed by atoms with van der Waals surface area (Å²) in [5.74, 6) is -0.666. The van der Waals surface area contributed by atoms with Gasteiger partial charge >= 0.3 is 0 Å². The van der Waals surface area contributed by atoms with Gasteiger partial charge in [-0.1, -0.05) is 19.1 Å². The van der Waals surface area contributed by atoms with Gasteiger partial charge in [0.25, 0.3) is 11.8 Å². The fraction of sp³-hybridized carbons (Fsp3) is 0.158. The van der Waals surface area contributed by atoms with E-state index in [-0.39, 0.29) is 11.8 Å². The number of rotatable bonds is 4. The Bertz CT molecular complexity index is 897. The van der Waals surface area contributed by atoms with E-state index in [1.165, 1.54) is 11.3 Å². The Morgan fingerprint density at radius 2 is 1.72 bits per heavy atom. The molecule has 0 bridgehead atoms. The molecule has 3 rings (SSSR count). The lowest BCUT2D eigenvalue weighted by Gasteiger charge is -2.11. The Hall–Kier alpha value is -2.86. The Kier molecular flexibility index (Phi) is 5.00. The molecule has 1 aromatic carbocycles. The van der Waals surface area contributed by atoms with Crippen LogP contribution < -0.4 is 10.9 Å². The normalized spacial score (nSPS) is 10.5. The molecular formula is C19H19N3O2S. The van der Waals surface area contributed by atoms with Gasteiger partial charge in [0.05, 0.1) is 16.1 Å². The zero-order valence-electron chi connectivity index (χ0n) is 14.1. The molecule has 2 heterocycles. The number of hydrazine groups is 1. The van der Waals surface area contributed by atoms with Crippen molar-refractivity contribution in [1.29, 1.82) is 0 Å². The second-order valence-electron chi connectivity index (χ2n) is 5.56. The molecule has 5 nitrogen and oxygen atoms in total. The summed E-state index contributed by atoms with van der Waals surface area (Å²) in [5, 5.41) is 0. The van der Waals surface area contributed by atoms with Crippen molar-refractivity contribution in [3.8, 4) is 5.69 Å². The van der Waals surface area contributed by atoms with Crippen LogP contribution in [0.5, 0.6) is 0 Å². The lowest BCUT2D eigenvalue weighted by atomic mass is 10.1. The fourth-order valence-electron chi connectivity index (χ4n) is 2.61. The first kappa shape index (κ1) is 17.0. The molecule has 25 heavy (non-hydrogen) atoms. The van der Waals surface area contributed by atoms with Crippen LogP contribution in [0, 0.1) is 6.92 Å². The van der Waals surface area contributed by atoms with Gasteiger partial charge in [-0.25, -0.2) is 0 Å². The molecule has 6 heteroatoms. The van der Waals surface area contributed by atoms with Crippen molar-refractivity contribution in [2.24, 2.45) is 0 Å². The van der Waals surface area contributed by atoms with Crippen molar-refractivity contribution in [2.75, 3.05) is 0 Å². The molecule has 128 valence electrons. The number of nitrogens with one attached hydrogen (secondary N) is 2. The van der Waals surface area contributed by atoms with E-state index >= 15 is 0 Å². The van der Waals surface area contributed by atoms with Crippen molar-refractivity contribution in [3.05, 3.63) is 75.7 Å². The van der Waals surface area contributed by atoms with E-state index in [1.54, 1.807) is 12.1 Å². The number of hydrogen-bond donors (Lipinski definition) is 2. The number of amides is 2. The highest BCUT2D eigenvalue weighted by atomic mass is 32.1. The number of aryl methyl sites for hydroxylation is 2. The van der Waals surface area contributed by atoms with Gasteiger partial charge in [0.1, 0.15) is 0 Å². The highest BCUT2D eigenvalue weighted by Gasteiger charge is 2.15. The van der Waals surface area contributed by atoms with E-state index in [9.17, 15) is 9.59 Å². The molecule has 2 aromatic heterocycles. The Balaban J connectivity index is 1.72. The van der Waals surface area contributed by atoms with Gasteiger partial charge in [-0.2, -0.15) is 0 Å². The van der Waals surface area contributed by atoms with Crippen LogP contribution in [0.2, 0.25) is 0 Å². The van der Waals surface area contributed by atoms with Crippen molar-refractivity contribution >= 4 is 23.2 Å². The minimum absolute atomic E-state index is 0.306. The molecule has 0 spiro atoms. The van der Waals surface area contributed by atoms with E-state index in [2.05, 4.69) is 17.8 Å². The predicted octanol–water partition coefficient (Wildman–Crippen LogP) is 3.48. The minimum atomic E-state index is -0.360. The number of aromatic nitrogens is 1. The van der Waals surface area contributed by atoms with Gasteiger partial charge in [0.15, 0.2) is 0 Å². The number of thiophene rings is 1. The second kappa shape index (κ2) is 7.36. The topological polar surface area (TPSA) is 63.1 Å². The van der Waals surface area contributed by atoms with E-state index < -0.39 is 0 Å². The number of carbonyl (C=O) groups excluding carboxylic acids is 2. The Morgan fingerprint density at radius 3 is 2.40 bits per heavy atom. The molecule has 2 amide bonds. The van der Waals surface area contributed by atoms with Crippen LogP contribution in [0.15, 0.2) is 54.9 Å². The average molecular weight is 353 g/mol. The van der Waals surface area contributed by atoms with Gasteiger partial charge in [-0.3, -0.25) is 20.4 Å². The second-order valence-corrected chi connectivity index (χ2v) is 6.82. The van der Waals surface area contributed by atoms with Crippen LogP contribution in [0.3, 0.4) is 0 Å². The summed E-state index contributed by atoms with van der Waals surface area (Å²) in [6.45, 7) is 4.04. The molecule has 0 unspecified atom stereocenters. The summed E-state index contributed by atoms with van der Waals surface area (Å²) < 4.78 is 1.85. The first-order valence-electron chi connectivity index (χ1n) is 8.02. The molecule has 0 saturated carbocycles. The third-order valence-corrected chi connectivity index (χ3v) is 5.04. The summed E-state index contributed by atoms with van der Waals surface area (Å²) >= 11 is 1.43. The number of carbonyl (C=O) groups is 2. The monoisotopic (exact) mass is 353 g/mol. The molecule has 2 N–H and O–H groups in total. The van der Waals surface area contributed by atoms with Crippen LogP contribution in [0.25, 0.3) is 5.69 Å². The quantitative estimate of drug-likeness (QED) is 0.705. The molecule has 0 aliphatic carbocycles. The number of nitrogens with zero attached hydrogens (tertiary/aromatic N) is 1. The zero-order valence-corrected chi connectivity index (χ0v) is 14.9. The van der Waals surface area contributed by atoms with E-state index in [4.69, 9.17) is 0 Å². The van der Waals surface area contributed by atoms with Crippen molar-refractivity contribution in [1.82, 2.24) is 15.4 Å². The Labute approximate surface area is 150 Å². The summed E-state index contributed by atoms with van der Waals surface area (Å²) in [6.07, 6.45) is 4.61. The first-order valence-corrected chi connectivity index (χ1v) is 8.84. The molecule has 0 aliphatic heterocycles. The largest absolute Gasteiger partial charge is 0.323 e. The summed E-state index contributed by atoms with van der Waals surface area (Å²) in [6, 6.07) is 12.9. The molecule has 0 radical (unpaired) electrons. The molecule has 0 saturated heterocycles. The highest BCUT2D eigenvalue weighted by molar-refractivity contribution is 7.14. The average Bonchev–Trinajstić information content (AvgIpc) is 3.29. The molecule has 0 atom stereocenters. The van der Waals surface area contributed by atoms with Crippen LogP contribution in [0.1, 0.15) is 37.4 Å². The lowest BCUT2D eigenvalue weighted by Crippen LogP contribution is -2.41. The van der Waals surface area contributed by atoms with Gasteiger partial charge < -0.3 is 4.57 Å². The van der Waals surface area contributed by atoms with Gasteiger partial charge in [-0.05, 0) is 49.2 Å². The SMILES string of the molecule is CCc1cc(C(=O)NNC(=O)c2ccccc2-n2cccc2)sc1C. The molecule has 3 aromatic rings. The summed E-state index contributed by atoms with van der Waals surface area (Å²) in [4.78, 5) is 26.5. The maximum Gasteiger partial charge on any atom is 0.279 e. The van der Waals surface area contributed by atoms with Crippen LogP contribution in [0.4, 0.5) is 0 Å². The summed E-state index contributed by atoms with van der Waals surface area (Å²) in [7, 11) is 0. The number of para-hydroxylation sites is 1. The van der Waals surface area contributed by atoms with Crippen molar-refractivity contribution < 1.29 is 9.59 Å². The van der Waals surface area contributed by atoms with Crippen LogP contribution in [-0.2, 0) is 6.42 Å². The van der Waals surface area contributed by atoms with Gasteiger partial charge in [0.2, 0.25) is 0 Å². The van der Waals surface area contributed by atoms with Gasteiger partial charge in [-0.15, -0.1) is 11.3 Å². The van der Waals surface area contributed by atoms with Gasteiger partial charge in [0, 0.05) is 17.3 Å². The van der Waals surface area contributed by atoms with E-state index in [0.717, 1.165) is 22.5 Å². The maximum atomic E-state index is 12.5. The fourth-order valence-corrected chi connectivity index (χ4v) is 3.62. The number of hydrogen-bond acceptors (Lipinski definition) is 3. The molecule has 0 fully saturated rings. The lowest BCUT2D eigenvalue weighted by molar-refractivity contribution is 0.0849. The standard InChI is InChI=1S/C19H19N3O2S/c1-3-14-12-17(25-13(14)2)19(24)21-20-18(23)15-8-4-5-9-16(15)22-10-6-7-11-22/h4-12H,3H2,1-2H3,(H,20,23)(H,21,24). The van der Waals surface area contributed by atoms with E-state index in [0.29, 0.717) is 10.4 Å². The van der Waals surface area contributed by atoms with Crippen LogP contribution in [-0.4, -0.2) is 16.4 Å². The zero-order chi connectivity index (χ0) is 17.8. The molecule has 0 aliphatic rings. The molecular weight excluding hydrogens is 334 g/mol. The third kappa shape index (κ3) is 3.64.